The van der Waals surface area contributed by atoms with Crippen LogP contribution in [0.5, 0.6) is 0 Å². The molecular formula is C10H11N3S. The van der Waals surface area contributed by atoms with Crippen LogP contribution in [-0.4, -0.2) is 15.0 Å². The Hall–Kier alpha value is -1.29. The number of thiazole rings is 1. The molecule has 72 valence electrons. The van der Waals surface area contributed by atoms with Crippen LogP contribution in [0.4, 0.5) is 0 Å². The lowest BCUT2D eigenvalue weighted by Gasteiger charge is -1.96. The van der Waals surface area contributed by atoms with Crippen LogP contribution in [-0.2, 0) is 0 Å². The lowest BCUT2D eigenvalue weighted by atomic mass is 10.2. The van der Waals surface area contributed by atoms with E-state index in [0.29, 0.717) is 5.92 Å². The van der Waals surface area contributed by atoms with Gasteiger partial charge >= 0.3 is 0 Å². The van der Waals surface area contributed by atoms with Crippen molar-refractivity contribution in [2.45, 2.75) is 19.8 Å². The van der Waals surface area contributed by atoms with Crippen molar-refractivity contribution in [2.24, 2.45) is 0 Å². The molecule has 0 spiro atoms. The molecule has 0 aliphatic carbocycles. The maximum atomic E-state index is 4.34. The molecule has 0 saturated carbocycles. The van der Waals surface area contributed by atoms with Crippen molar-refractivity contribution in [3.63, 3.8) is 0 Å². The fourth-order valence-electron chi connectivity index (χ4n) is 1.09. The fourth-order valence-corrected chi connectivity index (χ4v) is 1.98. The number of hydrogen-bond acceptors (Lipinski definition) is 4. The van der Waals surface area contributed by atoms with Crippen molar-refractivity contribution in [1.29, 1.82) is 0 Å². The summed E-state index contributed by atoms with van der Waals surface area (Å²) < 4.78 is 0. The molecule has 3 nitrogen and oxygen atoms in total. The summed E-state index contributed by atoms with van der Waals surface area (Å²) in [5.41, 5.74) is 0.900. The van der Waals surface area contributed by atoms with E-state index in [-0.39, 0.29) is 0 Å². The zero-order valence-electron chi connectivity index (χ0n) is 8.14. The van der Waals surface area contributed by atoms with Crippen molar-refractivity contribution in [1.82, 2.24) is 15.0 Å². The Morgan fingerprint density at radius 1 is 1.29 bits per heavy atom. The average molecular weight is 205 g/mol. The Balaban J connectivity index is 2.34. The maximum Gasteiger partial charge on any atom is 0.142 e. The Kier molecular flexibility index (Phi) is 2.54. The van der Waals surface area contributed by atoms with E-state index in [0.717, 1.165) is 10.7 Å². The van der Waals surface area contributed by atoms with Gasteiger partial charge in [0.25, 0.3) is 0 Å². The van der Waals surface area contributed by atoms with Gasteiger partial charge in [0.1, 0.15) is 17.0 Å². The van der Waals surface area contributed by atoms with E-state index in [9.17, 15) is 0 Å². The number of nitrogens with zero attached hydrogens (tertiary/aromatic N) is 3. The Morgan fingerprint density at radius 2 is 2.14 bits per heavy atom. The fraction of sp³-hybridized carbons (Fsp3) is 0.300. The van der Waals surface area contributed by atoms with E-state index in [4.69, 9.17) is 0 Å². The highest BCUT2D eigenvalue weighted by atomic mass is 32.1. The standard InChI is InChI=1S/C10H11N3S/c1-7(2)9-5-12-10(14-9)8-3-4-11-6-13-8/h3-7H,1-2H3. The van der Waals surface area contributed by atoms with Crippen LogP contribution in [0, 0.1) is 0 Å². The third-order valence-electron chi connectivity index (χ3n) is 1.89. The molecule has 4 heteroatoms. The van der Waals surface area contributed by atoms with Crippen LogP contribution in [0.15, 0.2) is 24.8 Å². The molecule has 0 aliphatic rings. The van der Waals surface area contributed by atoms with E-state index in [1.165, 1.54) is 4.88 Å². The summed E-state index contributed by atoms with van der Waals surface area (Å²) in [5, 5.41) is 0.969. The first kappa shape index (κ1) is 9.27. The molecule has 0 atom stereocenters. The van der Waals surface area contributed by atoms with E-state index in [1.54, 1.807) is 23.9 Å². The van der Waals surface area contributed by atoms with Crippen LogP contribution >= 0.6 is 11.3 Å². The summed E-state index contributed by atoms with van der Waals surface area (Å²) in [7, 11) is 0. The normalized spacial score (nSPS) is 10.8. The van der Waals surface area contributed by atoms with E-state index >= 15 is 0 Å². The van der Waals surface area contributed by atoms with Gasteiger partial charge in [-0.1, -0.05) is 13.8 Å². The van der Waals surface area contributed by atoms with E-state index < -0.39 is 0 Å². The largest absolute Gasteiger partial charge is 0.245 e. The topological polar surface area (TPSA) is 38.7 Å². The van der Waals surface area contributed by atoms with Crippen LogP contribution in [0.2, 0.25) is 0 Å². The van der Waals surface area contributed by atoms with Gasteiger partial charge < -0.3 is 0 Å². The molecule has 0 radical (unpaired) electrons. The Bertz CT molecular complexity index is 408. The first-order valence-corrected chi connectivity index (χ1v) is 5.31. The van der Waals surface area contributed by atoms with Crippen LogP contribution in [0.1, 0.15) is 24.6 Å². The molecule has 0 aliphatic heterocycles. The molecule has 0 fully saturated rings. The van der Waals surface area contributed by atoms with Crippen LogP contribution < -0.4 is 0 Å². The number of aromatic nitrogens is 3. The van der Waals surface area contributed by atoms with Gasteiger partial charge in [-0.3, -0.25) is 0 Å². The van der Waals surface area contributed by atoms with Gasteiger partial charge in [0.15, 0.2) is 0 Å². The van der Waals surface area contributed by atoms with Crippen LogP contribution in [0.25, 0.3) is 10.7 Å². The SMILES string of the molecule is CC(C)c1cnc(-c2ccncn2)s1. The summed E-state index contributed by atoms with van der Waals surface area (Å²) in [6.45, 7) is 4.33. The molecule has 2 aromatic heterocycles. The molecule has 0 aromatic carbocycles. The molecule has 0 bridgehead atoms. The summed E-state index contributed by atoms with van der Waals surface area (Å²) in [4.78, 5) is 13.7. The van der Waals surface area contributed by atoms with Crippen molar-refractivity contribution in [2.75, 3.05) is 0 Å². The third kappa shape index (κ3) is 1.80. The zero-order chi connectivity index (χ0) is 9.97. The smallest absolute Gasteiger partial charge is 0.142 e. The van der Waals surface area contributed by atoms with Crippen molar-refractivity contribution in [3.8, 4) is 10.7 Å². The molecule has 0 N–H and O–H groups in total. The zero-order valence-corrected chi connectivity index (χ0v) is 8.95. The van der Waals surface area contributed by atoms with Gasteiger partial charge in [0, 0.05) is 17.3 Å². The molecule has 2 heterocycles. The second-order valence-electron chi connectivity index (χ2n) is 3.32. The van der Waals surface area contributed by atoms with Crippen molar-refractivity contribution < 1.29 is 0 Å². The summed E-state index contributed by atoms with van der Waals surface area (Å²) in [5.74, 6) is 0.531. The number of hydrogen-bond donors (Lipinski definition) is 0. The minimum absolute atomic E-state index is 0.531. The quantitative estimate of drug-likeness (QED) is 0.756. The van der Waals surface area contributed by atoms with Gasteiger partial charge in [-0.05, 0) is 12.0 Å². The highest BCUT2D eigenvalue weighted by molar-refractivity contribution is 7.15. The molecule has 2 rings (SSSR count). The van der Waals surface area contributed by atoms with Gasteiger partial charge in [-0.15, -0.1) is 11.3 Å². The molecule has 0 amide bonds. The number of rotatable bonds is 2. The van der Waals surface area contributed by atoms with E-state index in [2.05, 4.69) is 28.8 Å². The maximum absolute atomic E-state index is 4.34. The van der Waals surface area contributed by atoms with Gasteiger partial charge in [-0.2, -0.15) is 0 Å². The first-order valence-electron chi connectivity index (χ1n) is 4.49. The lowest BCUT2D eigenvalue weighted by Crippen LogP contribution is -1.81. The Morgan fingerprint density at radius 3 is 2.71 bits per heavy atom. The minimum atomic E-state index is 0.531. The molecule has 0 unspecified atom stereocenters. The second kappa shape index (κ2) is 3.84. The predicted molar refractivity (Wildman–Crippen MR) is 57.2 cm³/mol. The average Bonchev–Trinajstić information content (AvgIpc) is 2.68. The third-order valence-corrected chi connectivity index (χ3v) is 3.21. The summed E-state index contributed by atoms with van der Waals surface area (Å²) >= 11 is 1.69. The van der Waals surface area contributed by atoms with Crippen LogP contribution in [0.3, 0.4) is 0 Å². The molecular weight excluding hydrogens is 194 g/mol. The molecule has 2 aromatic rings. The molecule has 14 heavy (non-hydrogen) atoms. The van der Waals surface area contributed by atoms with Crippen molar-refractivity contribution in [3.05, 3.63) is 29.7 Å². The summed E-state index contributed by atoms with van der Waals surface area (Å²) in [6, 6.07) is 1.88. The highest BCUT2D eigenvalue weighted by Gasteiger charge is 2.07. The second-order valence-corrected chi connectivity index (χ2v) is 4.38. The van der Waals surface area contributed by atoms with Crippen molar-refractivity contribution >= 4 is 11.3 Å². The minimum Gasteiger partial charge on any atom is -0.245 e. The van der Waals surface area contributed by atoms with Gasteiger partial charge in [-0.25, -0.2) is 15.0 Å². The lowest BCUT2D eigenvalue weighted by molar-refractivity contribution is 0.885. The predicted octanol–water partition coefficient (Wildman–Crippen LogP) is 2.72. The highest BCUT2D eigenvalue weighted by Crippen LogP contribution is 2.27. The van der Waals surface area contributed by atoms with E-state index in [1.807, 2.05) is 12.3 Å². The molecule has 0 saturated heterocycles. The summed E-state index contributed by atoms with van der Waals surface area (Å²) in [6.07, 6.45) is 5.21. The van der Waals surface area contributed by atoms with Gasteiger partial charge in [0.2, 0.25) is 0 Å². The monoisotopic (exact) mass is 205 g/mol. The van der Waals surface area contributed by atoms with Gasteiger partial charge in [0.05, 0.1) is 0 Å². The Labute approximate surface area is 86.9 Å². The first-order chi connectivity index (χ1) is 6.77.